The number of carbonyl (C=O) groups excluding carboxylic acids is 3. The Morgan fingerprint density at radius 1 is 1.12 bits per heavy atom. The molecule has 0 spiro atoms. The molecule has 310 valence electrons. The Labute approximate surface area is 337 Å². The summed E-state index contributed by atoms with van der Waals surface area (Å²) >= 11 is 9.55. The number of thiazole rings is 1. The summed E-state index contributed by atoms with van der Waals surface area (Å²) in [6.45, 7) is 0.176. The Morgan fingerprint density at radius 2 is 1.79 bits per heavy atom. The molecule has 57 heavy (non-hydrogen) atoms. The molecule has 3 amide bonds. The molecule has 1 unspecified atom stereocenters. The number of β-lactam (4-membered cyclic amide) rings is 1. The van der Waals surface area contributed by atoms with Crippen molar-refractivity contribution < 1.29 is 72.3 Å². The van der Waals surface area contributed by atoms with Crippen molar-refractivity contribution in [2.45, 2.75) is 55.8 Å². The summed E-state index contributed by atoms with van der Waals surface area (Å²) in [5, 5.41) is 55.9. The summed E-state index contributed by atoms with van der Waals surface area (Å²) in [5.41, 5.74) is 5.70. The first kappa shape index (κ1) is 44.8. The molecule has 9 N–H and O–H groups in total. The van der Waals surface area contributed by atoms with Crippen molar-refractivity contribution in [1.29, 1.82) is 0 Å². The molecule has 1 aromatic carbocycles. The number of anilines is 1. The van der Waals surface area contributed by atoms with E-state index in [2.05, 4.69) is 20.8 Å². The zero-order chi connectivity index (χ0) is 42.2. The number of aliphatic carboxylic acids is 3. The highest BCUT2D eigenvalue weighted by Crippen LogP contribution is 2.41. The minimum Gasteiger partial charge on any atom is -0.504 e. The third-order valence-electron chi connectivity index (χ3n) is 8.49. The Hall–Kier alpha value is -4.94. The van der Waals surface area contributed by atoms with Crippen LogP contribution in [-0.2, 0) is 28.8 Å². The number of nitrogens with two attached hydrogens (primary N) is 1. The number of hydrogen-bond acceptors (Lipinski definition) is 15. The number of phenols is 2. The van der Waals surface area contributed by atoms with Crippen LogP contribution in [0.5, 0.6) is 11.5 Å². The molecule has 18 nitrogen and oxygen atoms in total. The summed E-state index contributed by atoms with van der Waals surface area (Å²) in [7, 11) is 0. The first-order valence-corrected chi connectivity index (χ1v) is 20.0. The van der Waals surface area contributed by atoms with E-state index in [1.165, 1.54) is 35.0 Å². The Kier molecular flexibility index (Phi) is 15.3. The molecule has 5 rings (SSSR count). The maximum Gasteiger partial charge on any atom is 0.490 e. The first-order chi connectivity index (χ1) is 26.8. The number of carboxylic acids is 3. The van der Waals surface area contributed by atoms with Gasteiger partial charge in [0.25, 0.3) is 17.7 Å². The SMILES string of the molecule is Nc1nc(/C(=N/OC(C(=O)O)C2CCCCC2)C(=O)N[C@@H]2C(=O)N3C(C(=O)O)=C(CSCCNC(=O)c4ccc(O)c(O)c4Cl)CS[C@H]23)cs1.O=C(O)C(F)(F)F. The van der Waals surface area contributed by atoms with E-state index in [-0.39, 0.29) is 56.8 Å². The second-order valence-corrected chi connectivity index (χ2v) is 15.8. The molecule has 0 radical (unpaired) electrons. The van der Waals surface area contributed by atoms with Crippen LogP contribution >= 0.6 is 46.5 Å². The number of benzene rings is 1. The molecule has 1 aromatic heterocycles. The van der Waals surface area contributed by atoms with E-state index in [1.807, 2.05) is 0 Å². The number of rotatable bonds is 14. The van der Waals surface area contributed by atoms with Gasteiger partial charge in [0.1, 0.15) is 22.8 Å². The van der Waals surface area contributed by atoms with Crippen molar-refractivity contribution >= 4 is 92.9 Å². The average Bonchev–Trinajstić information content (AvgIpc) is 3.59. The fourth-order valence-electron chi connectivity index (χ4n) is 5.74. The molecule has 1 aliphatic carbocycles. The van der Waals surface area contributed by atoms with Gasteiger partial charge in [-0.15, -0.1) is 23.1 Å². The highest BCUT2D eigenvalue weighted by Gasteiger charge is 2.54. The topological polar surface area (TPSA) is 291 Å². The summed E-state index contributed by atoms with van der Waals surface area (Å²) in [6, 6.07) is 1.30. The van der Waals surface area contributed by atoms with Gasteiger partial charge >= 0.3 is 24.1 Å². The first-order valence-electron chi connectivity index (χ1n) is 16.6. The zero-order valence-electron chi connectivity index (χ0n) is 29.2. The third-order valence-corrected chi connectivity index (χ3v) is 11.9. The lowest BCUT2D eigenvalue weighted by atomic mass is 9.85. The molecule has 0 bridgehead atoms. The number of oxime groups is 1. The number of thioether (sulfide) groups is 2. The third kappa shape index (κ3) is 11.1. The number of halogens is 4. The number of nitrogen functional groups attached to an aromatic ring is 1. The van der Waals surface area contributed by atoms with E-state index in [1.54, 1.807) is 0 Å². The quantitative estimate of drug-likeness (QED) is 0.0445. The lowest BCUT2D eigenvalue weighted by Crippen LogP contribution is -2.71. The number of nitrogens with one attached hydrogen (secondary N) is 2. The number of carbonyl (C=O) groups is 6. The van der Waals surface area contributed by atoms with Crippen LogP contribution in [0.4, 0.5) is 18.3 Å². The van der Waals surface area contributed by atoms with Crippen LogP contribution in [0.1, 0.15) is 48.2 Å². The molecular weight excluding hydrogens is 849 g/mol. The van der Waals surface area contributed by atoms with Crippen LogP contribution < -0.4 is 16.4 Å². The number of hydrogen-bond donors (Lipinski definition) is 8. The second kappa shape index (κ2) is 19.5. The number of alkyl halides is 3. The van der Waals surface area contributed by atoms with Gasteiger partial charge < -0.3 is 46.7 Å². The summed E-state index contributed by atoms with van der Waals surface area (Å²) < 4.78 is 31.7. The van der Waals surface area contributed by atoms with E-state index in [0.29, 0.717) is 24.2 Å². The van der Waals surface area contributed by atoms with Crippen molar-refractivity contribution in [2.24, 2.45) is 11.1 Å². The second-order valence-electron chi connectivity index (χ2n) is 12.3. The number of amides is 3. The van der Waals surface area contributed by atoms with Gasteiger partial charge in [0.15, 0.2) is 22.3 Å². The van der Waals surface area contributed by atoms with E-state index in [4.69, 9.17) is 32.1 Å². The Morgan fingerprint density at radius 3 is 2.37 bits per heavy atom. The van der Waals surface area contributed by atoms with Crippen LogP contribution in [0.2, 0.25) is 5.02 Å². The van der Waals surface area contributed by atoms with Gasteiger partial charge in [-0.3, -0.25) is 19.3 Å². The van der Waals surface area contributed by atoms with Crippen molar-refractivity contribution in [3.8, 4) is 11.5 Å². The highest BCUT2D eigenvalue weighted by molar-refractivity contribution is 8.01. The smallest absolute Gasteiger partial charge is 0.490 e. The van der Waals surface area contributed by atoms with Gasteiger partial charge in [-0.1, -0.05) is 36.0 Å². The molecule has 2 aromatic rings. The maximum absolute atomic E-state index is 13.5. The lowest BCUT2D eigenvalue weighted by molar-refractivity contribution is -0.192. The van der Waals surface area contributed by atoms with E-state index in [0.717, 1.165) is 41.6 Å². The van der Waals surface area contributed by atoms with Crippen LogP contribution in [0.15, 0.2) is 33.9 Å². The zero-order valence-corrected chi connectivity index (χ0v) is 32.4. The van der Waals surface area contributed by atoms with Crippen LogP contribution in [0.3, 0.4) is 0 Å². The van der Waals surface area contributed by atoms with Crippen LogP contribution in [0, 0.1) is 5.92 Å². The predicted octanol–water partition coefficient (Wildman–Crippen LogP) is 3.08. The van der Waals surface area contributed by atoms with Gasteiger partial charge in [-0.25, -0.2) is 19.4 Å². The number of aromatic nitrogens is 1. The molecule has 2 aliphatic heterocycles. The van der Waals surface area contributed by atoms with Crippen molar-refractivity contribution in [3.63, 3.8) is 0 Å². The van der Waals surface area contributed by atoms with Gasteiger partial charge in [-0.05, 0) is 30.5 Å². The number of nitrogens with zero attached hydrogens (tertiary/aromatic N) is 3. The van der Waals surface area contributed by atoms with Gasteiger partial charge in [0.2, 0.25) is 6.10 Å². The minimum atomic E-state index is -5.08. The predicted molar refractivity (Wildman–Crippen MR) is 200 cm³/mol. The normalized spacial score (nSPS) is 19.0. The fraction of sp³-hybridized carbons (Fsp3) is 0.438. The van der Waals surface area contributed by atoms with Gasteiger partial charge in [0.05, 0.1) is 10.6 Å². The molecule has 3 aliphatic rings. The number of fused-ring (bicyclic) bond motifs is 1. The standard InChI is InChI=1S/C30H33ClN6O10S3.C2HF3O2/c31-18-15(6-7-17(38)22(18)39)24(40)33-8-9-48-10-14-11-49-27-20(26(42)37(27)21(14)28(43)44)35-25(41)19(16-12-50-30(32)34-16)36-47-23(29(45)46)13-4-2-1-3-5-13;3-2(4,5)1(6)7/h6-7,12-13,20,23,27,38-39H,1-5,8-11H2,(H2,32,34)(H,33,40)(H,35,41)(H,43,44)(H,45,46);(H,6,7)/b36-19-;/t20-,23?,27-;/m1./s1. The van der Waals surface area contributed by atoms with Crippen molar-refractivity contribution in [1.82, 2.24) is 20.5 Å². The highest BCUT2D eigenvalue weighted by atomic mass is 35.5. The Balaban J connectivity index is 0.000000940. The summed E-state index contributed by atoms with van der Waals surface area (Å²) in [4.78, 5) is 83.1. The van der Waals surface area contributed by atoms with E-state index < -0.39 is 70.8 Å². The minimum absolute atomic E-state index is 0.0268. The molecule has 1 saturated heterocycles. The van der Waals surface area contributed by atoms with Gasteiger partial charge in [-0.2, -0.15) is 24.9 Å². The average molecular weight is 883 g/mol. The number of phenolic OH excluding ortho intramolecular Hbond substituents is 2. The van der Waals surface area contributed by atoms with Gasteiger partial charge in [0, 0.05) is 35.1 Å². The largest absolute Gasteiger partial charge is 0.504 e. The molecule has 3 atom stereocenters. The van der Waals surface area contributed by atoms with E-state index in [9.17, 15) is 57.6 Å². The molecule has 2 fully saturated rings. The van der Waals surface area contributed by atoms with Crippen molar-refractivity contribution in [2.75, 3.05) is 29.5 Å². The maximum atomic E-state index is 13.5. The lowest BCUT2D eigenvalue weighted by Gasteiger charge is -2.49. The monoisotopic (exact) mass is 882 g/mol. The fourth-order valence-corrected chi connectivity index (χ4v) is 8.89. The number of aromatic hydroxyl groups is 2. The molecule has 1 saturated carbocycles. The summed E-state index contributed by atoms with van der Waals surface area (Å²) in [5.74, 6) is -7.87. The molecule has 25 heteroatoms. The summed E-state index contributed by atoms with van der Waals surface area (Å²) in [6.07, 6.45) is -2.38. The molecule has 3 heterocycles. The number of carboxylic acid groups (broad SMARTS) is 3. The Bertz CT molecular complexity index is 1960. The van der Waals surface area contributed by atoms with Crippen molar-refractivity contribution in [3.05, 3.63) is 45.1 Å². The van der Waals surface area contributed by atoms with E-state index >= 15 is 0 Å². The van der Waals surface area contributed by atoms with Crippen LogP contribution in [-0.4, -0.2) is 124 Å². The van der Waals surface area contributed by atoms with Crippen LogP contribution in [0.25, 0.3) is 0 Å². The molecular formula is C32H34ClF3N6O12S3.